The fourth-order valence-electron chi connectivity index (χ4n) is 0.873. The lowest BCUT2D eigenvalue weighted by molar-refractivity contribution is 0.138. The van der Waals surface area contributed by atoms with Crippen LogP contribution in [0, 0.1) is 0 Å². The van der Waals surface area contributed by atoms with Gasteiger partial charge in [0, 0.05) is 0 Å². The van der Waals surface area contributed by atoms with Crippen LogP contribution in [0.25, 0.3) is 0 Å². The van der Waals surface area contributed by atoms with E-state index < -0.39 is 0 Å². The number of hydrogen-bond acceptors (Lipinski definition) is 1. The summed E-state index contributed by atoms with van der Waals surface area (Å²) in [6.45, 7) is 3.75. The molecule has 0 bridgehead atoms. The Balaban J connectivity index is 2.77. The molecule has 2 heteroatoms. The molecule has 0 saturated carbocycles. The zero-order valence-corrected chi connectivity index (χ0v) is 6.82. The van der Waals surface area contributed by atoms with E-state index in [1.807, 2.05) is 44.2 Å². The lowest BCUT2D eigenvalue weighted by Gasteiger charge is -2.17. The number of rotatable bonds is 2. The van der Waals surface area contributed by atoms with Crippen LogP contribution in [-0.2, 0) is 5.21 Å². The predicted molar refractivity (Wildman–Crippen MR) is 44.7 cm³/mol. The quantitative estimate of drug-likeness (QED) is 0.593. The van der Waals surface area contributed by atoms with Crippen LogP contribution in [0.1, 0.15) is 13.8 Å². The first kappa shape index (κ1) is 8.08. The maximum absolute atomic E-state index is 11.3. The second-order valence-corrected chi connectivity index (χ2v) is 2.76. The number of nitrogens with zero attached hydrogens (tertiary/aromatic N) is 1. The van der Waals surface area contributed by atoms with Crippen LogP contribution in [0.4, 0.5) is 5.69 Å². The van der Waals surface area contributed by atoms with E-state index >= 15 is 0 Å². The Morgan fingerprint density at radius 2 is 1.73 bits per heavy atom. The van der Waals surface area contributed by atoms with Crippen LogP contribution in [0.2, 0.25) is 0 Å². The van der Waals surface area contributed by atoms with Gasteiger partial charge in [0.25, 0.3) is 0 Å². The third-order valence-electron chi connectivity index (χ3n) is 1.48. The van der Waals surface area contributed by atoms with Gasteiger partial charge < -0.3 is 0 Å². The third kappa shape index (κ3) is 1.95. The van der Waals surface area contributed by atoms with E-state index in [1.54, 1.807) is 0 Å². The van der Waals surface area contributed by atoms with E-state index in [1.165, 1.54) is 0 Å². The molecule has 0 aliphatic rings. The minimum atomic E-state index is 0.0115. The molecule has 0 saturated heterocycles. The first-order chi connectivity index (χ1) is 5.22. The lowest BCUT2D eigenvalue weighted by atomic mass is 10.3. The molecule has 0 aromatic heterocycles. The second-order valence-electron chi connectivity index (χ2n) is 2.76. The fourth-order valence-corrected chi connectivity index (χ4v) is 0.873. The average molecular weight is 150 g/mol. The smallest absolute Gasteiger partial charge is 0.0670 e. The largest absolute Gasteiger partial charge is 0.218 e. The summed E-state index contributed by atoms with van der Waals surface area (Å²) in [5.74, 6) is 0. The summed E-state index contributed by atoms with van der Waals surface area (Å²) in [6.07, 6.45) is 0. The van der Waals surface area contributed by atoms with Crippen molar-refractivity contribution in [3.8, 4) is 0 Å². The highest BCUT2D eigenvalue weighted by molar-refractivity contribution is 5.43. The van der Waals surface area contributed by atoms with Gasteiger partial charge in [-0.05, 0) is 26.0 Å². The van der Waals surface area contributed by atoms with Crippen LogP contribution >= 0.6 is 0 Å². The van der Waals surface area contributed by atoms with Gasteiger partial charge in [-0.25, -0.2) is 5.06 Å². The molecule has 0 unspecified atom stereocenters. The van der Waals surface area contributed by atoms with Crippen LogP contribution in [-0.4, -0.2) is 6.04 Å². The molecule has 1 aromatic rings. The van der Waals surface area contributed by atoms with E-state index in [2.05, 4.69) is 0 Å². The van der Waals surface area contributed by atoms with Gasteiger partial charge in [0.05, 0.1) is 11.7 Å². The molecule has 0 heterocycles. The minimum Gasteiger partial charge on any atom is -0.218 e. The molecule has 0 aliphatic heterocycles. The topological polar surface area (TPSA) is 23.1 Å². The highest BCUT2D eigenvalue weighted by atomic mass is 16.5. The number of para-hydroxylation sites is 1. The summed E-state index contributed by atoms with van der Waals surface area (Å²) >= 11 is 0. The van der Waals surface area contributed by atoms with Gasteiger partial charge in [-0.15, -0.1) is 0 Å². The standard InChI is InChI=1S/C9H12NO/c1-8(2)10(11)9-6-4-3-5-7-9/h3-8H,1-2H3. The van der Waals surface area contributed by atoms with Crippen LogP contribution < -0.4 is 5.06 Å². The molecule has 2 nitrogen and oxygen atoms in total. The molecule has 0 amide bonds. The highest BCUT2D eigenvalue weighted by Gasteiger charge is 2.06. The summed E-state index contributed by atoms with van der Waals surface area (Å²) in [7, 11) is 0. The zero-order valence-electron chi connectivity index (χ0n) is 6.82. The SMILES string of the molecule is CC(C)N([O])c1ccccc1. The van der Waals surface area contributed by atoms with Crippen molar-refractivity contribution in [3.05, 3.63) is 30.3 Å². The Morgan fingerprint density at radius 3 is 2.18 bits per heavy atom. The molecule has 11 heavy (non-hydrogen) atoms. The Morgan fingerprint density at radius 1 is 1.18 bits per heavy atom. The average Bonchev–Trinajstić information content (AvgIpc) is 2.05. The molecule has 0 atom stereocenters. The van der Waals surface area contributed by atoms with Gasteiger partial charge in [0.2, 0.25) is 0 Å². The summed E-state index contributed by atoms with van der Waals surface area (Å²) in [4.78, 5) is 0. The summed E-state index contributed by atoms with van der Waals surface area (Å²) in [5.41, 5.74) is 0.725. The van der Waals surface area contributed by atoms with Crippen molar-refractivity contribution in [1.82, 2.24) is 0 Å². The Bertz CT molecular complexity index is 208. The lowest BCUT2D eigenvalue weighted by Crippen LogP contribution is -2.24. The zero-order chi connectivity index (χ0) is 8.27. The molecule has 0 fully saturated rings. The van der Waals surface area contributed by atoms with Crippen molar-refractivity contribution in [1.29, 1.82) is 0 Å². The van der Waals surface area contributed by atoms with Crippen molar-refractivity contribution in [2.45, 2.75) is 19.9 Å². The van der Waals surface area contributed by atoms with Crippen LogP contribution in [0.3, 0.4) is 0 Å². The molecule has 0 N–H and O–H groups in total. The van der Waals surface area contributed by atoms with Gasteiger partial charge in [0.15, 0.2) is 0 Å². The highest BCUT2D eigenvalue weighted by Crippen LogP contribution is 2.13. The fraction of sp³-hybridized carbons (Fsp3) is 0.333. The number of benzene rings is 1. The van der Waals surface area contributed by atoms with E-state index in [0.717, 1.165) is 10.8 Å². The molecular weight excluding hydrogens is 138 g/mol. The Kier molecular flexibility index (Phi) is 2.49. The van der Waals surface area contributed by atoms with E-state index in [0.29, 0.717) is 0 Å². The number of hydroxylamine groups is 1. The van der Waals surface area contributed by atoms with Crippen molar-refractivity contribution >= 4 is 5.69 Å². The molecule has 59 valence electrons. The molecule has 0 spiro atoms. The van der Waals surface area contributed by atoms with Crippen molar-refractivity contribution < 1.29 is 5.21 Å². The first-order valence-electron chi connectivity index (χ1n) is 3.73. The molecule has 1 aromatic carbocycles. The summed E-state index contributed by atoms with van der Waals surface area (Å²) in [5, 5.41) is 12.3. The molecule has 0 aliphatic carbocycles. The third-order valence-corrected chi connectivity index (χ3v) is 1.48. The van der Waals surface area contributed by atoms with E-state index in [4.69, 9.17) is 0 Å². The van der Waals surface area contributed by atoms with Crippen molar-refractivity contribution in [3.63, 3.8) is 0 Å². The van der Waals surface area contributed by atoms with Gasteiger partial charge in [-0.2, -0.15) is 0 Å². The summed E-state index contributed by atoms with van der Waals surface area (Å²) < 4.78 is 0. The maximum Gasteiger partial charge on any atom is 0.0670 e. The van der Waals surface area contributed by atoms with Crippen molar-refractivity contribution in [2.24, 2.45) is 0 Å². The molecule has 1 rings (SSSR count). The van der Waals surface area contributed by atoms with Gasteiger partial charge in [-0.1, -0.05) is 23.4 Å². The number of anilines is 1. The summed E-state index contributed by atoms with van der Waals surface area (Å²) in [6, 6.07) is 9.26. The predicted octanol–water partition coefficient (Wildman–Crippen LogP) is 2.25. The number of hydrogen-bond donors (Lipinski definition) is 0. The maximum atomic E-state index is 11.3. The normalized spacial score (nSPS) is 10.2. The van der Waals surface area contributed by atoms with Crippen LogP contribution in [0.5, 0.6) is 0 Å². The van der Waals surface area contributed by atoms with E-state index in [-0.39, 0.29) is 6.04 Å². The monoisotopic (exact) mass is 150 g/mol. The van der Waals surface area contributed by atoms with Gasteiger partial charge in [-0.3, -0.25) is 0 Å². The molecular formula is C9H12NO. The Labute approximate surface area is 67.0 Å². The van der Waals surface area contributed by atoms with Gasteiger partial charge >= 0.3 is 0 Å². The van der Waals surface area contributed by atoms with E-state index in [9.17, 15) is 5.21 Å². The van der Waals surface area contributed by atoms with Gasteiger partial charge in [0.1, 0.15) is 0 Å². The van der Waals surface area contributed by atoms with Crippen molar-refractivity contribution in [2.75, 3.05) is 5.06 Å². The second kappa shape index (κ2) is 3.39. The van der Waals surface area contributed by atoms with Crippen LogP contribution in [0.15, 0.2) is 30.3 Å². The first-order valence-corrected chi connectivity index (χ1v) is 3.73. The Hall–Kier alpha value is -1.02. The minimum absolute atomic E-state index is 0.0115. The molecule has 1 radical (unpaired) electrons.